The highest BCUT2D eigenvalue weighted by molar-refractivity contribution is 7.89. The lowest BCUT2D eigenvalue weighted by molar-refractivity contribution is 0.361. The Balaban J connectivity index is 1.44. The Morgan fingerprint density at radius 3 is 2.64 bits per heavy atom. The van der Waals surface area contributed by atoms with Crippen molar-refractivity contribution in [1.82, 2.24) is 14.1 Å². The summed E-state index contributed by atoms with van der Waals surface area (Å²) in [6.45, 7) is 2.31. The number of aromatic nitrogens is 2. The van der Waals surface area contributed by atoms with Crippen LogP contribution < -0.4 is 0 Å². The number of benzene rings is 2. The first-order chi connectivity index (χ1) is 17.3. The minimum atomic E-state index is -4.11. The molecule has 5 rings (SSSR count). The van der Waals surface area contributed by atoms with Gasteiger partial charge in [-0.1, -0.05) is 30.2 Å². The molecule has 2 aliphatic carbocycles. The Labute approximate surface area is 209 Å². The van der Waals surface area contributed by atoms with E-state index in [-0.39, 0.29) is 42.1 Å². The van der Waals surface area contributed by atoms with Gasteiger partial charge in [0, 0.05) is 37.4 Å². The summed E-state index contributed by atoms with van der Waals surface area (Å²) in [5.74, 6) is -1.09. The van der Waals surface area contributed by atoms with Crippen molar-refractivity contribution < 1.29 is 17.2 Å². The molecule has 3 aromatic rings. The monoisotopic (exact) mass is 508 g/mol. The van der Waals surface area contributed by atoms with Crippen molar-refractivity contribution in [2.45, 2.75) is 43.4 Å². The number of nitriles is 1. The first kappa shape index (κ1) is 24.3. The first-order valence-corrected chi connectivity index (χ1v) is 13.4. The summed E-state index contributed by atoms with van der Waals surface area (Å²) in [5, 5.41) is 13.7. The van der Waals surface area contributed by atoms with Gasteiger partial charge in [0.25, 0.3) is 0 Å². The highest BCUT2D eigenvalue weighted by atomic mass is 32.2. The molecule has 6 nitrogen and oxygen atoms in total. The first-order valence-electron chi connectivity index (χ1n) is 12.0. The number of nitrogens with zero attached hydrogens (tertiary/aromatic N) is 4. The lowest BCUT2D eigenvalue weighted by Crippen LogP contribution is -2.37. The summed E-state index contributed by atoms with van der Waals surface area (Å²) in [6.07, 6.45) is 4.19. The normalized spacial score (nSPS) is 19.3. The molecular weight excluding hydrogens is 482 g/mol. The third-order valence-corrected chi connectivity index (χ3v) is 9.18. The third-order valence-electron chi connectivity index (χ3n) is 7.28. The minimum Gasteiger partial charge on any atom is -0.237 e. The Morgan fingerprint density at radius 2 is 1.92 bits per heavy atom. The number of hydrogen-bond acceptors (Lipinski definition) is 4. The average molecular weight is 509 g/mol. The zero-order chi connectivity index (χ0) is 25.4. The third kappa shape index (κ3) is 4.25. The standard InChI is InChI=1S/C27H26F2N4O2S/c1-18-23-16-31-33(22-11-9-21(28)10-12-22)25(23)15-19-7-8-20(27(18)19)17-32(14-4-13-30)36(34,35)26-6-3-2-5-24(26)29/h2-3,5-6,9-12,16,18,20H,4,7-8,14-15,17H2,1H3/t18-,20+/m0/s1. The second-order valence-corrected chi connectivity index (χ2v) is 11.2. The predicted octanol–water partition coefficient (Wildman–Crippen LogP) is 5.12. The van der Waals surface area contributed by atoms with E-state index in [0.717, 1.165) is 35.9 Å². The largest absolute Gasteiger partial charge is 0.246 e. The summed E-state index contributed by atoms with van der Waals surface area (Å²) in [7, 11) is -4.11. The molecule has 186 valence electrons. The van der Waals surface area contributed by atoms with E-state index in [1.807, 2.05) is 16.9 Å². The van der Waals surface area contributed by atoms with Crippen LogP contribution in [-0.4, -0.2) is 35.6 Å². The Kier molecular flexibility index (Phi) is 6.49. The van der Waals surface area contributed by atoms with Crippen LogP contribution in [0.5, 0.6) is 0 Å². The number of rotatable bonds is 7. The molecule has 1 aromatic heterocycles. The zero-order valence-electron chi connectivity index (χ0n) is 19.9. The number of allylic oxidation sites excluding steroid dienone is 1. The molecule has 0 saturated heterocycles. The van der Waals surface area contributed by atoms with Gasteiger partial charge in [0.1, 0.15) is 16.5 Å². The molecule has 0 amide bonds. The van der Waals surface area contributed by atoms with E-state index in [2.05, 4.69) is 12.0 Å². The van der Waals surface area contributed by atoms with Gasteiger partial charge in [-0.3, -0.25) is 0 Å². The molecule has 0 saturated carbocycles. The van der Waals surface area contributed by atoms with Crippen LogP contribution in [0.4, 0.5) is 8.78 Å². The molecule has 2 atom stereocenters. The lowest BCUT2D eigenvalue weighted by Gasteiger charge is -2.30. The summed E-state index contributed by atoms with van der Waals surface area (Å²) in [6, 6.07) is 13.6. The van der Waals surface area contributed by atoms with E-state index < -0.39 is 15.8 Å². The van der Waals surface area contributed by atoms with Crippen molar-refractivity contribution in [3.63, 3.8) is 0 Å². The van der Waals surface area contributed by atoms with E-state index in [1.165, 1.54) is 45.8 Å². The van der Waals surface area contributed by atoms with E-state index >= 15 is 0 Å². The molecule has 9 heteroatoms. The van der Waals surface area contributed by atoms with Crippen molar-refractivity contribution in [3.8, 4) is 11.8 Å². The fourth-order valence-electron chi connectivity index (χ4n) is 5.60. The molecule has 0 aliphatic heterocycles. The van der Waals surface area contributed by atoms with Crippen LogP contribution in [0.1, 0.15) is 43.4 Å². The summed E-state index contributed by atoms with van der Waals surface area (Å²) >= 11 is 0. The maximum atomic E-state index is 14.4. The van der Waals surface area contributed by atoms with Crippen LogP contribution >= 0.6 is 0 Å². The molecule has 0 radical (unpaired) electrons. The van der Waals surface area contributed by atoms with Gasteiger partial charge in [-0.25, -0.2) is 21.9 Å². The second kappa shape index (κ2) is 9.60. The van der Waals surface area contributed by atoms with Crippen LogP contribution in [0, 0.1) is 28.9 Å². The van der Waals surface area contributed by atoms with Crippen molar-refractivity contribution in [2.75, 3.05) is 13.1 Å². The Bertz CT molecular complexity index is 1470. The van der Waals surface area contributed by atoms with Gasteiger partial charge in [0.15, 0.2) is 0 Å². The number of halogens is 2. The van der Waals surface area contributed by atoms with Crippen LogP contribution in [0.25, 0.3) is 5.69 Å². The molecule has 0 unspecified atom stereocenters. The van der Waals surface area contributed by atoms with Crippen LogP contribution in [0.15, 0.2) is 70.8 Å². The van der Waals surface area contributed by atoms with Crippen molar-refractivity contribution >= 4 is 10.0 Å². The summed E-state index contributed by atoms with van der Waals surface area (Å²) < 4.78 is 57.8. The van der Waals surface area contributed by atoms with Crippen LogP contribution in [0.2, 0.25) is 0 Å². The Morgan fingerprint density at radius 1 is 1.17 bits per heavy atom. The average Bonchev–Trinajstić information content (AvgIpc) is 3.47. The Hall–Kier alpha value is -3.35. The van der Waals surface area contributed by atoms with E-state index in [4.69, 9.17) is 5.26 Å². The van der Waals surface area contributed by atoms with Crippen molar-refractivity contribution in [1.29, 1.82) is 5.26 Å². The van der Waals surface area contributed by atoms with Gasteiger partial charge >= 0.3 is 0 Å². The van der Waals surface area contributed by atoms with Gasteiger partial charge in [-0.15, -0.1) is 0 Å². The lowest BCUT2D eigenvalue weighted by atomic mass is 9.80. The molecule has 0 N–H and O–H groups in total. The SMILES string of the molecule is C[C@@H]1C2=C(CC[C@@H]2CN(CCC#N)S(=O)(=O)c2ccccc2F)Cc2c1cnn2-c1ccc(F)cc1. The maximum Gasteiger partial charge on any atom is 0.246 e. The molecule has 0 bridgehead atoms. The topological polar surface area (TPSA) is 79.0 Å². The van der Waals surface area contributed by atoms with Gasteiger partial charge in [0.05, 0.1) is 23.6 Å². The van der Waals surface area contributed by atoms with Crippen molar-refractivity contribution in [2.24, 2.45) is 5.92 Å². The second-order valence-electron chi connectivity index (χ2n) is 9.33. The summed E-state index contributed by atoms with van der Waals surface area (Å²) in [5.41, 5.74) is 5.42. The quantitative estimate of drug-likeness (QED) is 0.415. The molecule has 2 aliphatic rings. The predicted molar refractivity (Wildman–Crippen MR) is 131 cm³/mol. The number of fused-ring (bicyclic) bond motifs is 1. The van der Waals surface area contributed by atoms with Crippen LogP contribution in [0.3, 0.4) is 0 Å². The van der Waals surface area contributed by atoms with Gasteiger partial charge in [-0.05, 0) is 55.2 Å². The van der Waals surface area contributed by atoms with Gasteiger partial charge < -0.3 is 0 Å². The molecule has 36 heavy (non-hydrogen) atoms. The number of hydrogen-bond donors (Lipinski definition) is 0. The van der Waals surface area contributed by atoms with Crippen molar-refractivity contribution in [3.05, 3.63) is 88.8 Å². The molecular formula is C27H26F2N4O2S. The van der Waals surface area contributed by atoms with Gasteiger partial charge in [0.2, 0.25) is 10.0 Å². The fourth-order valence-corrected chi connectivity index (χ4v) is 7.15. The maximum absolute atomic E-state index is 14.4. The highest BCUT2D eigenvalue weighted by Crippen LogP contribution is 2.47. The van der Waals surface area contributed by atoms with E-state index in [9.17, 15) is 17.2 Å². The fraction of sp³-hybridized carbons (Fsp3) is 0.333. The van der Waals surface area contributed by atoms with E-state index in [0.29, 0.717) is 6.42 Å². The molecule has 0 fully saturated rings. The summed E-state index contributed by atoms with van der Waals surface area (Å²) in [4.78, 5) is -0.366. The minimum absolute atomic E-state index is 0.00834. The number of sulfonamides is 1. The van der Waals surface area contributed by atoms with Gasteiger partial charge in [-0.2, -0.15) is 14.7 Å². The molecule has 0 spiro atoms. The molecule has 1 heterocycles. The van der Waals surface area contributed by atoms with E-state index in [1.54, 1.807) is 12.1 Å². The zero-order valence-corrected chi connectivity index (χ0v) is 20.7. The molecule has 2 aromatic carbocycles. The highest BCUT2D eigenvalue weighted by Gasteiger charge is 2.39. The van der Waals surface area contributed by atoms with Crippen LogP contribution in [-0.2, 0) is 16.4 Å². The smallest absolute Gasteiger partial charge is 0.237 e.